The molecule has 0 saturated heterocycles. The SMILES string of the molecule is C=C(COC(C)(C)CCC)NO. The first-order valence-electron chi connectivity index (χ1n) is 4.23. The summed E-state index contributed by atoms with van der Waals surface area (Å²) in [5, 5.41) is 8.43. The Hall–Kier alpha value is -0.540. The van der Waals surface area contributed by atoms with Crippen LogP contribution in [0.4, 0.5) is 0 Å². The minimum atomic E-state index is -0.130. The van der Waals surface area contributed by atoms with Crippen molar-refractivity contribution in [2.75, 3.05) is 6.61 Å². The first-order chi connectivity index (χ1) is 5.52. The van der Waals surface area contributed by atoms with Crippen molar-refractivity contribution in [2.24, 2.45) is 0 Å². The van der Waals surface area contributed by atoms with E-state index in [4.69, 9.17) is 9.94 Å². The van der Waals surface area contributed by atoms with Gasteiger partial charge in [-0.25, -0.2) is 0 Å². The highest BCUT2D eigenvalue weighted by molar-refractivity contribution is 4.88. The maximum atomic E-state index is 8.43. The molecule has 3 nitrogen and oxygen atoms in total. The van der Waals surface area contributed by atoms with Gasteiger partial charge in [0.2, 0.25) is 0 Å². The number of nitrogens with one attached hydrogen (secondary N) is 1. The smallest absolute Gasteiger partial charge is 0.0886 e. The largest absolute Gasteiger partial charge is 0.369 e. The second-order valence-electron chi connectivity index (χ2n) is 3.51. The molecule has 0 aromatic rings. The van der Waals surface area contributed by atoms with E-state index in [0.717, 1.165) is 12.8 Å². The second kappa shape index (κ2) is 5.17. The molecule has 12 heavy (non-hydrogen) atoms. The number of ether oxygens (including phenoxy) is 1. The van der Waals surface area contributed by atoms with Crippen LogP contribution in [-0.4, -0.2) is 17.4 Å². The fraction of sp³-hybridized carbons (Fsp3) is 0.778. The van der Waals surface area contributed by atoms with E-state index in [1.807, 2.05) is 19.3 Å². The molecule has 0 aliphatic heterocycles. The Bertz CT molecular complexity index is 143. The van der Waals surface area contributed by atoms with Crippen molar-refractivity contribution in [2.45, 2.75) is 39.2 Å². The molecule has 2 N–H and O–H groups in total. The van der Waals surface area contributed by atoms with Gasteiger partial charge < -0.3 is 4.74 Å². The van der Waals surface area contributed by atoms with Gasteiger partial charge in [-0.05, 0) is 20.3 Å². The lowest BCUT2D eigenvalue weighted by molar-refractivity contribution is -0.0184. The Morgan fingerprint density at radius 1 is 1.58 bits per heavy atom. The van der Waals surface area contributed by atoms with Gasteiger partial charge in [-0.2, -0.15) is 0 Å². The van der Waals surface area contributed by atoms with E-state index in [2.05, 4.69) is 13.5 Å². The zero-order valence-electron chi connectivity index (χ0n) is 8.18. The predicted octanol–water partition coefficient (Wildman–Crippen LogP) is 2.07. The standard InChI is InChI=1S/C9H19NO2/c1-5-6-9(3,4)12-7-8(2)10-11/h10-11H,2,5-7H2,1,3-4H3. The molecule has 0 bridgehead atoms. The van der Waals surface area contributed by atoms with E-state index >= 15 is 0 Å². The number of rotatable bonds is 6. The van der Waals surface area contributed by atoms with Gasteiger partial charge in [0.15, 0.2) is 0 Å². The highest BCUT2D eigenvalue weighted by Crippen LogP contribution is 2.16. The summed E-state index contributed by atoms with van der Waals surface area (Å²) in [5.41, 5.74) is 2.32. The maximum absolute atomic E-state index is 8.43. The molecular weight excluding hydrogens is 154 g/mol. The Labute approximate surface area is 74.4 Å². The van der Waals surface area contributed by atoms with E-state index in [0.29, 0.717) is 12.3 Å². The number of hydroxylamine groups is 1. The summed E-state index contributed by atoms with van der Waals surface area (Å²) < 4.78 is 5.50. The van der Waals surface area contributed by atoms with Gasteiger partial charge >= 0.3 is 0 Å². The van der Waals surface area contributed by atoms with Crippen molar-refractivity contribution < 1.29 is 9.94 Å². The van der Waals surface area contributed by atoms with Crippen LogP contribution in [0.3, 0.4) is 0 Å². The van der Waals surface area contributed by atoms with Crippen molar-refractivity contribution in [3.05, 3.63) is 12.3 Å². The van der Waals surface area contributed by atoms with Crippen molar-refractivity contribution in [1.29, 1.82) is 0 Å². The summed E-state index contributed by atoms with van der Waals surface area (Å²) >= 11 is 0. The van der Waals surface area contributed by atoms with Gasteiger partial charge in [-0.15, -0.1) is 0 Å². The van der Waals surface area contributed by atoms with Crippen LogP contribution in [0.25, 0.3) is 0 Å². The van der Waals surface area contributed by atoms with Crippen LogP contribution in [0.5, 0.6) is 0 Å². The first kappa shape index (κ1) is 11.5. The Kier molecular flexibility index (Phi) is 4.93. The Balaban J connectivity index is 3.67. The average molecular weight is 173 g/mol. The van der Waals surface area contributed by atoms with Crippen molar-refractivity contribution >= 4 is 0 Å². The van der Waals surface area contributed by atoms with E-state index in [1.54, 1.807) is 0 Å². The molecule has 0 aromatic carbocycles. The minimum Gasteiger partial charge on any atom is -0.369 e. The maximum Gasteiger partial charge on any atom is 0.0886 e. The predicted molar refractivity (Wildman–Crippen MR) is 49.0 cm³/mol. The molecule has 72 valence electrons. The van der Waals surface area contributed by atoms with Gasteiger partial charge in [-0.3, -0.25) is 10.7 Å². The molecule has 0 atom stereocenters. The van der Waals surface area contributed by atoms with Crippen molar-refractivity contribution in [1.82, 2.24) is 5.48 Å². The molecule has 0 aliphatic rings. The number of hydrogen-bond acceptors (Lipinski definition) is 3. The van der Waals surface area contributed by atoms with Gasteiger partial charge in [-0.1, -0.05) is 19.9 Å². The molecule has 0 rings (SSSR count). The highest BCUT2D eigenvalue weighted by atomic mass is 16.5. The van der Waals surface area contributed by atoms with E-state index < -0.39 is 0 Å². The van der Waals surface area contributed by atoms with Crippen LogP contribution >= 0.6 is 0 Å². The van der Waals surface area contributed by atoms with Crippen molar-refractivity contribution in [3.8, 4) is 0 Å². The normalized spacial score (nSPS) is 11.3. The second-order valence-corrected chi connectivity index (χ2v) is 3.51. The topological polar surface area (TPSA) is 41.5 Å². The zero-order valence-corrected chi connectivity index (χ0v) is 8.18. The molecule has 3 heteroatoms. The van der Waals surface area contributed by atoms with Crippen molar-refractivity contribution in [3.63, 3.8) is 0 Å². The minimum absolute atomic E-state index is 0.130. The van der Waals surface area contributed by atoms with Crippen LogP contribution < -0.4 is 5.48 Å². The highest BCUT2D eigenvalue weighted by Gasteiger charge is 2.16. The van der Waals surface area contributed by atoms with E-state index in [-0.39, 0.29) is 5.60 Å². The van der Waals surface area contributed by atoms with Crippen LogP contribution in [0, 0.1) is 0 Å². The van der Waals surface area contributed by atoms with E-state index in [1.165, 1.54) is 0 Å². The lowest BCUT2D eigenvalue weighted by atomic mass is 10.0. The molecule has 0 unspecified atom stereocenters. The average Bonchev–Trinajstić information content (AvgIpc) is 2.00. The summed E-state index contributed by atoms with van der Waals surface area (Å²) in [6.07, 6.45) is 2.09. The molecule has 0 spiro atoms. The molecule has 0 aliphatic carbocycles. The summed E-state index contributed by atoms with van der Waals surface area (Å²) in [6, 6.07) is 0. The zero-order chi connectivity index (χ0) is 9.61. The molecular formula is C9H19NO2. The van der Waals surface area contributed by atoms with Crippen LogP contribution in [0.1, 0.15) is 33.6 Å². The quantitative estimate of drug-likeness (QED) is 0.604. The Morgan fingerprint density at radius 3 is 2.58 bits per heavy atom. The molecule has 0 aromatic heterocycles. The van der Waals surface area contributed by atoms with Crippen LogP contribution in [0.15, 0.2) is 12.3 Å². The molecule has 0 saturated carbocycles. The Morgan fingerprint density at radius 2 is 2.17 bits per heavy atom. The third-order valence-corrected chi connectivity index (χ3v) is 1.65. The van der Waals surface area contributed by atoms with Gasteiger partial charge in [0.25, 0.3) is 0 Å². The van der Waals surface area contributed by atoms with Crippen LogP contribution in [-0.2, 0) is 4.74 Å². The summed E-state index contributed by atoms with van der Waals surface area (Å²) in [5.74, 6) is 0. The summed E-state index contributed by atoms with van der Waals surface area (Å²) in [6.45, 7) is 10.1. The lowest BCUT2D eigenvalue weighted by Crippen LogP contribution is -2.27. The summed E-state index contributed by atoms with van der Waals surface area (Å²) in [7, 11) is 0. The van der Waals surface area contributed by atoms with E-state index in [9.17, 15) is 0 Å². The first-order valence-corrected chi connectivity index (χ1v) is 4.23. The molecule has 0 amide bonds. The molecule has 0 heterocycles. The summed E-state index contributed by atoms with van der Waals surface area (Å²) in [4.78, 5) is 0. The molecule has 0 radical (unpaired) electrons. The van der Waals surface area contributed by atoms with Gasteiger partial charge in [0, 0.05) is 0 Å². The van der Waals surface area contributed by atoms with Gasteiger partial charge in [0.1, 0.15) is 0 Å². The monoisotopic (exact) mass is 173 g/mol. The molecule has 0 fully saturated rings. The third-order valence-electron chi connectivity index (χ3n) is 1.65. The lowest BCUT2D eigenvalue weighted by Gasteiger charge is -2.24. The fourth-order valence-electron chi connectivity index (χ4n) is 0.989. The number of hydrogen-bond donors (Lipinski definition) is 2. The fourth-order valence-corrected chi connectivity index (χ4v) is 0.989. The van der Waals surface area contributed by atoms with Gasteiger partial charge in [0.05, 0.1) is 17.9 Å². The third kappa shape index (κ3) is 5.16. The van der Waals surface area contributed by atoms with Crippen LogP contribution in [0.2, 0.25) is 0 Å².